The van der Waals surface area contributed by atoms with Gasteiger partial charge in [0.2, 0.25) is 0 Å². The van der Waals surface area contributed by atoms with Crippen LogP contribution in [-0.2, 0) is 0 Å². The molecule has 0 spiro atoms. The van der Waals surface area contributed by atoms with Crippen molar-refractivity contribution >= 4 is 54.5 Å². The van der Waals surface area contributed by atoms with E-state index in [2.05, 4.69) is 89.5 Å². The minimum atomic E-state index is 0.636. The van der Waals surface area contributed by atoms with E-state index in [1.807, 2.05) is 72.8 Å². The molecule has 0 aliphatic carbocycles. The van der Waals surface area contributed by atoms with Gasteiger partial charge in [0.25, 0.3) is 0 Å². The number of furan rings is 1. The summed E-state index contributed by atoms with van der Waals surface area (Å²) < 4.78 is 8.77. The van der Waals surface area contributed by atoms with Gasteiger partial charge in [-0.3, -0.25) is 0 Å². The molecule has 5 nitrogen and oxygen atoms in total. The molecule has 0 unspecified atom stereocenters. The van der Waals surface area contributed by atoms with Crippen molar-refractivity contribution in [2.24, 2.45) is 0 Å². The van der Waals surface area contributed by atoms with Crippen LogP contribution in [0.5, 0.6) is 0 Å². The molecule has 0 saturated heterocycles. The number of para-hydroxylation sites is 2. The molecule has 10 aromatic rings. The average molecular weight is 615 g/mol. The van der Waals surface area contributed by atoms with Gasteiger partial charge in [0.05, 0.1) is 11.0 Å². The fraction of sp³-hybridized carbons (Fsp3) is 0. The lowest BCUT2D eigenvalue weighted by Gasteiger charge is -2.11. The van der Waals surface area contributed by atoms with E-state index in [4.69, 9.17) is 19.4 Å². The van der Waals surface area contributed by atoms with Crippen molar-refractivity contribution in [3.63, 3.8) is 0 Å². The number of nitrogens with zero attached hydrogens (tertiary/aromatic N) is 4. The van der Waals surface area contributed by atoms with Crippen LogP contribution in [0, 0.1) is 0 Å². The molecular weight excluding hydrogens is 589 g/mol. The van der Waals surface area contributed by atoms with E-state index in [9.17, 15) is 0 Å². The summed E-state index contributed by atoms with van der Waals surface area (Å²) in [4.78, 5) is 14.7. The number of hydrogen-bond donors (Lipinski definition) is 0. The Bertz CT molecular complexity index is 2760. The van der Waals surface area contributed by atoms with E-state index in [1.54, 1.807) is 0 Å². The molecule has 0 bridgehead atoms. The molecule has 10 rings (SSSR count). The van der Waals surface area contributed by atoms with Crippen LogP contribution in [0.1, 0.15) is 0 Å². The zero-order valence-electron chi connectivity index (χ0n) is 25.7. The fourth-order valence-corrected chi connectivity index (χ4v) is 7.03. The predicted octanol–water partition coefficient (Wildman–Crippen LogP) is 11.0. The predicted molar refractivity (Wildman–Crippen MR) is 195 cm³/mol. The number of benzene rings is 7. The maximum atomic E-state index is 6.42. The minimum Gasteiger partial charge on any atom is -0.455 e. The van der Waals surface area contributed by atoms with Crippen LogP contribution in [0.4, 0.5) is 0 Å². The first-order valence-electron chi connectivity index (χ1n) is 16.0. The molecule has 0 saturated carbocycles. The second-order valence-electron chi connectivity index (χ2n) is 12.0. The van der Waals surface area contributed by atoms with Crippen LogP contribution in [0.25, 0.3) is 94.4 Å². The Morgan fingerprint density at radius 3 is 1.58 bits per heavy atom. The van der Waals surface area contributed by atoms with Crippen molar-refractivity contribution in [3.8, 4) is 39.9 Å². The normalized spacial score (nSPS) is 11.8. The summed E-state index contributed by atoms with van der Waals surface area (Å²) >= 11 is 0. The van der Waals surface area contributed by atoms with Crippen LogP contribution in [0.3, 0.4) is 0 Å². The standard InChI is InChI=1S/C43H26N4O/c1-3-11-27(12-4-1)41-44-42(28-13-5-2-6-14-28)46-43(45-41)29-19-21-30(22-20-29)47-36-17-9-7-16-35(36)39-32-23-24-33-31-15-8-10-18-38(31)48-40(33)34(32)25-26-37(39)47/h1-26H. The highest BCUT2D eigenvalue weighted by atomic mass is 16.3. The van der Waals surface area contributed by atoms with Gasteiger partial charge in [-0.1, -0.05) is 103 Å². The summed E-state index contributed by atoms with van der Waals surface area (Å²) in [6, 6.07) is 54.4. The average Bonchev–Trinajstić information content (AvgIpc) is 3.72. The highest BCUT2D eigenvalue weighted by Gasteiger charge is 2.18. The van der Waals surface area contributed by atoms with E-state index < -0.39 is 0 Å². The van der Waals surface area contributed by atoms with E-state index >= 15 is 0 Å². The van der Waals surface area contributed by atoms with Gasteiger partial charge >= 0.3 is 0 Å². The van der Waals surface area contributed by atoms with Gasteiger partial charge in [-0.2, -0.15) is 0 Å². The summed E-state index contributed by atoms with van der Waals surface area (Å²) in [6.45, 7) is 0. The molecule has 5 heteroatoms. The topological polar surface area (TPSA) is 56.7 Å². The summed E-state index contributed by atoms with van der Waals surface area (Å²) in [5.41, 5.74) is 8.02. The summed E-state index contributed by atoms with van der Waals surface area (Å²) in [7, 11) is 0. The van der Waals surface area contributed by atoms with Crippen molar-refractivity contribution in [2.75, 3.05) is 0 Å². The SMILES string of the molecule is c1ccc(-c2nc(-c3ccccc3)nc(-c3ccc(-n4c5ccccc5c5c6ccc7c8ccccc8oc7c6ccc54)cc3)n2)cc1. The number of hydrogen-bond acceptors (Lipinski definition) is 4. The van der Waals surface area contributed by atoms with Crippen LogP contribution in [0.2, 0.25) is 0 Å². The maximum absolute atomic E-state index is 6.42. The van der Waals surface area contributed by atoms with Crippen molar-refractivity contribution in [1.29, 1.82) is 0 Å². The molecule has 0 N–H and O–H groups in total. The van der Waals surface area contributed by atoms with Gasteiger partial charge in [0, 0.05) is 49.3 Å². The minimum absolute atomic E-state index is 0.636. The molecule has 0 radical (unpaired) electrons. The van der Waals surface area contributed by atoms with Crippen LogP contribution in [0.15, 0.2) is 162 Å². The molecule has 0 atom stereocenters. The molecule has 3 aromatic heterocycles. The smallest absolute Gasteiger partial charge is 0.164 e. The van der Waals surface area contributed by atoms with Crippen molar-refractivity contribution in [1.82, 2.24) is 19.5 Å². The van der Waals surface area contributed by atoms with E-state index in [0.717, 1.165) is 60.7 Å². The zero-order valence-corrected chi connectivity index (χ0v) is 25.7. The molecule has 224 valence electrons. The lowest BCUT2D eigenvalue weighted by molar-refractivity contribution is 0.672. The number of fused-ring (bicyclic) bond motifs is 9. The van der Waals surface area contributed by atoms with Gasteiger partial charge in [0.1, 0.15) is 11.2 Å². The maximum Gasteiger partial charge on any atom is 0.164 e. The Labute approximate surface area is 275 Å². The molecule has 3 heterocycles. The monoisotopic (exact) mass is 614 g/mol. The second kappa shape index (κ2) is 10.5. The first kappa shape index (κ1) is 26.6. The molecule has 0 fully saturated rings. The van der Waals surface area contributed by atoms with Gasteiger partial charge in [-0.05, 0) is 60.0 Å². The van der Waals surface area contributed by atoms with Crippen molar-refractivity contribution in [2.45, 2.75) is 0 Å². The molecule has 48 heavy (non-hydrogen) atoms. The lowest BCUT2D eigenvalue weighted by atomic mass is 10.0. The van der Waals surface area contributed by atoms with Gasteiger partial charge < -0.3 is 8.98 Å². The Hall–Kier alpha value is -6.59. The van der Waals surface area contributed by atoms with E-state index in [0.29, 0.717) is 17.5 Å². The molecule has 0 aliphatic heterocycles. The molecular formula is C43H26N4O. The van der Waals surface area contributed by atoms with Gasteiger partial charge in [0.15, 0.2) is 17.5 Å². The third-order valence-corrected chi connectivity index (χ3v) is 9.26. The van der Waals surface area contributed by atoms with Crippen molar-refractivity contribution < 1.29 is 4.42 Å². The van der Waals surface area contributed by atoms with Crippen LogP contribution < -0.4 is 0 Å². The van der Waals surface area contributed by atoms with Gasteiger partial charge in [-0.15, -0.1) is 0 Å². The molecule has 0 aliphatic rings. The summed E-state index contributed by atoms with van der Waals surface area (Å²) in [5.74, 6) is 1.94. The third-order valence-electron chi connectivity index (χ3n) is 9.26. The van der Waals surface area contributed by atoms with Crippen LogP contribution in [-0.4, -0.2) is 19.5 Å². The van der Waals surface area contributed by atoms with E-state index in [-0.39, 0.29) is 0 Å². The van der Waals surface area contributed by atoms with Crippen molar-refractivity contribution in [3.05, 3.63) is 158 Å². The Morgan fingerprint density at radius 1 is 0.375 bits per heavy atom. The highest BCUT2D eigenvalue weighted by Crippen LogP contribution is 2.41. The van der Waals surface area contributed by atoms with Crippen LogP contribution >= 0.6 is 0 Å². The second-order valence-corrected chi connectivity index (χ2v) is 12.0. The summed E-state index contributed by atoms with van der Waals surface area (Å²) in [5, 5.41) is 7.00. The Morgan fingerprint density at radius 2 is 0.896 bits per heavy atom. The first-order chi connectivity index (χ1) is 23.8. The largest absolute Gasteiger partial charge is 0.455 e. The third kappa shape index (κ3) is 4.08. The molecule has 0 amide bonds. The Balaban J connectivity index is 1.14. The first-order valence-corrected chi connectivity index (χ1v) is 16.0. The zero-order chi connectivity index (χ0) is 31.6. The fourth-order valence-electron chi connectivity index (χ4n) is 7.03. The lowest BCUT2D eigenvalue weighted by Crippen LogP contribution is -2.00. The van der Waals surface area contributed by atoms with E-state index in [1.165, 1.54) is 16.2 Å². The quantitative estimate of drug-likeness (QED) is 0.198. The Kier molecular flexibility index (Phi) is 5.81. The highest BCUT2D eigenvalue weighted by molar-refractivity contribution is 6.26. The number of rotatable bonds is 4. The summed E-state index contributed by atoms with van der Waals surface area (Å²) in [6.07, 6.45) is 0. The molecule has 7 aromatic carbocycles. The van der Waals surface area contributed by atoms with Gasteiger partial charge in [-0.25, -0.2) is 15.0 Å². The number of aromatic nitrogens is 4.